The lowest BCUT2D eigenvalue weighted by Crippen LogP contribution is -2.06. The summed E-state index contributed by atoms with van der Waals surface area (Å²) in [5.41, 5.74) is 8.89. The predicted octanol–water partition coefficient (Wildman–Crippen LogP) is 2.46. The van der Waals surface area contributed by atoms with E-state index in [0.717, 1.165) is 11.3 Å². The Balaban J connectivity index is 2.07. The smallest absolute Gasteiger partial charge is 0.117 e. The highest BCUT2D eigenvalue weighted by Gasteiger charge is 2.00. The molecule has 0 aromatic heterocycles. The summed E-state index contributed by atoms with van der Waals surface area (Å²) in [4.78, 5) is 0. The Labute approximate surface area is 101 Å². The van der Waals surface area contributed by atoms with Crippen molar-refractivity contribution in [2.45, 2.75) is 13.1 Å². The summed E-state index contributed by atoms with van der Waals surface area (Å²) < 4.78 is 0. The molecule has 0 saturated heterocycles. The van der Waals surface area contributed by atoms with Crippen LogP contribution in [0.2, 0.25) is 0 Å². The molecule has 0 fully saturated rings. The number of phenolic OH excluding ortho intramolecular Hbond substituents is 1. The second-order valence-electron chi connectivity index (χ2n) is 3.88. The standard InChI is InChI=1S/C14H16N2O/c15-9-11-4-1-2-5-12(11)10-16-13-6-3-7-14(17)8-13/h1-8,16-17H,9-10,15H2. The fourth-order valence-electron chi connectivity index (χ4n) is 1.74. The molecule has 17 heavy (non-hydrogen) atoms. The van der Waals surface area contributed by atoms with E-state index in [1.165, 1.54) is 5.56 Å². The average Bonchev–Trinajstić information content (AvgIpc) is 2.37. The molecular formula is C14H16N2O. The summed E-state index contributed by atoms with van der Waals surface area (Å²) in [5.74, 6) is 0.266. The first-order valence-electron chi connectivity index (χ1n) is 5.59. The summed E-state index contributed by atoms with van der Waals surface area (Å²) in [6.45, 7) is 1.24. The van der Waals surface area contributed by atoms with Crippen molar-refractivity contribution < 1.29 is 5.11 Å². The molecule has 0 radical (unpaired) electrons. The summed E-state index contributed by atoms with van der Waals surface area (Å²) in [6.07, 6.45) is 0. The van der Waals surface area contributed by atoms with Crippen molar-refractivity contribution in [2.75, 3.05) is 5.32 Å². The quantitative estimate of drug-likeness (QED) is 0.753. The van der Waals surface area contributed by atoms with E-state index in [-0.39, 0.29) is 5.75 Å². The Morgan fingerprint density at radius 1 is 1.00 bits per heavy atom. The first kappa shape index (κ1) is 11.5. The summed E-state index contributed by atoms with van der Waals surface area (Å²) >= 11 is 0. The molecule has 0 amide bonds. The molecule has 0 aliphatic rings. The van der Waals surface area contributed by atoms with Crippen LogP contribution in [0.4, 0.5) is 5.69 Å². The monoisotopic (exact) mass is 228 g/mol. The number of nitrogens with two attached hydrogens (primary N) is 1. The van der Waals surface area contributed by atoms with Gasteiger partial charge in [0.15, 0.2) is 0 Å². The fourth-order valence-corrected chi connectivity index (χ4v) is 1.74. The Morgan fingerprint density at radius 2 is 1.76 bits per heavy atom. The minimum Gasteiger partial charge on any atom is -0.508 e. The largest absolute Gasteiger partial charge is 0.508 e. The Hall–Kier alpha value is -2.00. The molecule has 3 nitrogen and oxygen atoms in total. The molecule has 0 unspecified atom stereocenters. The highest BCUT2D eigenvalue weighted by Crippen LogP contribution is 2.17. The lowest BCUT2D eigenvalue weighted by molar-refractivity contribution is 0.475. The van der Waals surface area contributed by atoms with E-state index < -0.39 is 0 Å². The van der Waals surface area contributed by atoms with Crippen molar-refractivity contribution in [3.8, 4) is 5.75 Å². The molecule has 0 bridgehead atoms. The molecule has 3 heteroatoms. The number of nitrogens with one attached hydrogen (secondary N) is 1. The van der Waals surface area contributed by atoms with E-state index in [2.05, 4.69) is 11.4 Å². The van der Waals surface area contributed by atoms with Crippen LogP contribution in [0.15, 0.2) is 48.5 Å². The van der Waals surface area contributed by atoms with Crippen LogP contribution in [0.1, 0.15) is 11.1 Å². The Kier molecular flexibility index (Phi) is 3.62. The van der Waals surface area contributed by atoms with Crippen molar-refractivity contribution in [3.63, 3.8) is 0 Å². The van der Waals surface area contributed by atoms with Gasteiger partial charge in [-0.25, -0.2) is 0 Å². The molecule has 2 aromatic carbocycles. The van der Waals surface area contributed by atoms with E-state index in [0.29, 0.717) is 13.1 Å². The number of phenols is 1. The van der Waals surface area contributed by atoms with E-state index in [4.69, 9.17) is 5.73 Å². The van der Waals surface area contributed by atoms with Gasteiger partial charge in [-0.05, 0) is 23.3 Å². The van der Waals surface area contributed by atoms with Gasteiger partial charge in [-0.1, -0.05) is 30.3 Å². The van der Waals surface area contributed by atoms with Gasteiger partial charge in [-0.15, -0.1) is 0 Å². The van der Waals surface area contributed by atoms with Crippen molar-refractivity contribution >= 4 is 5.69 Å². The number of rotatable bonds is 4. The SMILES string of the molecule is NCc1ccccc1CNc1cccc(O)c1. The topological polar surface area (TPSA) is 58.3 Å². The third kappa shape index (κ3) is 2.98. The zero-order valence-corrected chi connectivity index (χ0v) is 9.56. The maximum absolute atomic E-state index is 9.35. The van der Waals surface area contributed by atoms with Gasteiger partial charge >= 0.3 is 0 Å². The predicted molar refractivity (Wildman–Crippen MR) is 69.8 cm³/mol. The number of hydrogen-bond donors (Lipinski definition) is 3. The van der Waals surface area contributed by atoms with Crippen LogP contribution in [-0.2, 0) is 13.1 Å². The molecule has 2 rings (SSSR count). The number of hydrogen-bond acceptors (Lipinski definition) is 3. The van der Waals surface area contributed by atoms with Gasteiger partial charge in [-0.2, -0.15) is 0 Å². The molecule has 0 aliphatic heterocycles. The minimum atomic E-state index is 0.266. The highest BCUT2D eigenvalue weighted by atomic mass is 16.3. The third-order valence-corrected chi connectivity index (χ3v) is 2.67. The van der Waals surface area contributed by atoms with E-state index in [1.807, 2.05) is 30.3 Å². The lowest BCUT2D eigenvalue weighted by atomic mass is 10.1. The normalized spacial score (nSPS) is 10.2. The number of anilines is 1. The molecule has 0 atom stereocenters. The molecule has 4 N–H and O–H groups in total. The zero-order valence-electron chi connectivity index (χ0n) is 9.56. The van der Waals surface area contributed by atoms with Crippen molar-refractivity contribution in [1.29, 1.82) is 0 Å². The third-order valence-electron chi connectivity index (χ3n) is 2.67. The van der Waals surface area contributed by atoms with Gasteiger partial charge in [0.05, 0.1) is 0 Å². The van der Waals surface area contributed by atoms with E-state index in [9.17, 15) is 5.11 Å². The lowest BCUT2D eigenvalue weighted by Gasteiger charge is -2.10. The first-order chi connectivity index (χ1) is 8.29. The Morgan fingerprint density at radius 3 is 2.47 bits per heavy atom. The zero-order chi connectivity index (χ0) is 12.1. The molecule has 0 heterocycles. The summed E-state index contributed by atoms with van der Waals surface area (Å²) in [6, 6.07) is 15.2. The Bertz CT molecular complexity index is 497. The van der Waals surface area contributed by atoms with Crippen LogP contribution in [0.5, 0.6) is 5.75 Å². The second kappa shape index (κ2) is 5.37. The molecule has 0 spiro atoms. The maximum Gasteiger partial charge on any atom is 0.117 e. The number of aromatic hydroxyl groups is 1. The molecular weight excluding hydrogens is 212 g/mol. The van der Waals surface area contributed by atoms with Gasteiger partial charge in [0, 0.05) is 24.8 Å². The number of benzene rings is 2. The fraction of sp³-hybridized carbons (Fsp3) is 0.143. The van der Waals surface area contributed by atoms with E-state index in [1.54, 1.807) is 12.1 Å². The van der Waals surface area contributed by atoms with Crippen LogP contribution in [0.3, 0.4) is 0 Å². The maximum atomic E-state index is 9.35. The van der Waals surface area contributed by atoms with E-state index >= 15 is 0 Å². The van der Waals surface area contributed by atoms with Crippen molar-refractivity contribution in [2.24, 2.45) is 5.73 Å². The molecule has 0 saturated carbocycles. The van der Waals surface area contributed by atoms with Gasteiger partial charge in [0.2, 0.25) is 0 Å². The van der Waals surface area contributed by atoms with Crippen LogP contribution in [0, 0.1) is 0 Å². The second-order valence-corrected chi connectivity index (χ2v) is 3.88. The summed E-state index contributed by atoms with van der Waals surface area (Å²) in [5, 5.41) is 12.6. The van der Waals surface area contributed by atoms with Gasteiger partial charge in [0.25, 0.3) is 0 Å². The highest BCUT2D eigenvalue weighted by molar-refractivity contribution is 5.48. The molecule has 88 valence electrons. The minimum absolute atomic E-state index is 0.266. The summed E-state index contributed by atoms with van der Waals surface area (Å²) in [7, 11) is 0. The molecule has 2 aromatic rings. The first-order valence-corrected chi connectivity index (χ1v) is 5.59. The van der Waals surface area contributed by atoms with Gasteiger partial charge < -0.3 is 16.2 Å². The van der Waals surface area contributed by atoms with Crippen LogP contribution >= 0.6 is 0 Å². The van der Waals surface area contributed by atoms with Crippen molar-refractivity contribution in [1.82, 2.24) is 0 Å². The average molecular weight is 228 g/mol. The van der Waals surface area contributed by atoms with Crippen molar-refractivity contribution in [3.05, 3.63) is 59.7 Å². The van der Waals surface area contributed by atoms with Crippen LogP contribution in [0.25, 0.3) is 0 Å². The molecule has 0 aliphatic carbocycles. The van der Waals surface area contributed by atoms with Crippen LogP contribution in [-0.4, -0.2) is 5.11 Å². The van der Waals surface area contributed by atoms with Gasteiger partial charge in [0.1, 0.15) is 5.75 Å². The van der Waals surface area contributed by atoms with Crippen LogP contribution < -0.4 is 11.1 Å². The van der Waals surface area contributed by atoms with Gasteiger partial charge in [-0.3, -0.25) is 0 Å².